The summed E-state index contributed by atoms with van der Waals surface area (Å²) in [5, 5.41) is 0. The molecule has 0 radical (unpaired) electrons. The highest BCUT2D eigenvalue weighted by atomic mass is 16.6. The summed E-state index contributed by atoms with van der Waals surface area (Å²) in [6, 6.07) is 8.53. The van der Waals surface area contributed by atoms with Crippen LogP contribution in [0.3, 0.4) is 0 Å². The van der Waals surface area contributed by atoms with Gasteiger partial charge in [-0.05, 0) is 38.7 Å². The number of hydrogen-bond donors (Lipinski definition) is 1. The van der Waals surface area contributed by atoms with Crippen molar-refractivity contribution in [3.8, 4) is 0 Å². The van der Waals surface area contributed by atoms with Crippen LogP contribution in [0.15, 0.2) is 30.3 Å². The summed E-state index contributed by atoms with van der Waals surface area (Å²) < 4.78 is 10.7. The van der Waals surface area contributed by atoms with E-state index in [2.05, 4.69) is 0 Å². The minimum atomic E-state index is -0.853. The molecule has 0 bridgehead atoms. The maximum Gasteiger partial charge on any atom is 0.323 e. The molecule has 134 valence electrons. The molecular weight excluding hydrogens is 306 g/mol. The van der Waals surface area contributed by atoms with Gasteiger partial charge in [0.1, 0.15) is 18.2 Å². The highest BCUT2D eigenvalue weighted by Gasteiger charge is 2.31. The van der Waals surface area contributed by atoms with Crippen molar-refractivity contribution in [3.63, 3.8) is 0 Å². The van der Waals surface area contributed by atoms with E-state index >= 15 is 0 Å². The predicted octanol–water partition coefficient (Wildman–Crippen LogP) is 3.06. The van der Waals surface area contributed by atoms with E-state index in [0.29, 0.717) is 0 Å². The molecule has 5 nitrogen and oxygen atoms in total. The van der Waals surface area contributed by atoms with Crippen LogP contribution in [0.4, 0.5) is 0 Å². The number of benzene rings is 1. The molecule has 24 heavy (non-hydrogen) atoms. The fraction of sp³-hybridized carbons (Fsp3) is 0.579. The number of hydrogen-bond acceptors (Lipinski definition) is 5. The van der Waals surface area contributed by atoms with E-state index in [1.807, 2.05) is 65.0 Å². The quantitative estimate of drug-likeness (QED) is 0.775. The molecule has 0 heterocycles. The maximum absolute atomic E-state index is 12.3. The molecule has 0 saturated heterocycles. The van der Waals surface area contributed by atoms with Gasteiger partial charge >= 0.3 is 11.9 Å². The molecule has 0 aliphatic carbocycles. The van der Waals surface area contributed by atoms with Gasteiger partial charge in [0.05, 0.1) is 5.92 Å². The summed E-state index contributed by atoms with van der Waals surface area (Å²) in [4.78, 5) is 24.4. The molecule has 1 aromatic carbocycles. The SMILES string of the molecule is CC(C)C(CC(N)C(=O)OCc1ccccc1)C(=O)OC(C)(C)C. The summed E-state index contributed by atoms with van der Waals surface area (Å²) in [5.41, 5.74) is 6.27. The highest BCUT2D eigenvalue weighted by molar-refractivity contribution is 5.78. The van der Waals surface area contributed by atoms with Crippen LogP contribution in [0, 0.1) is 11.8 Å². The van der Waals surface area contributed by atoms with Gasteiger partial charge in [0.2, 0.25) is 0 Å². The van der Waals surface area contributed by atoms with E-state index in [1.54, 1.807) is 0 Å². The molecule has 0 saturated carbocycles. The normalized spacial score (nSPS) is 14.1. The lowest BCUT2D eigenvalue weighted by molar-refractivity contribution is -0.162. The molecule has 1 rings (SSSR count). The second-order valence-electron chi connectivity index (χ2n) is 7.32. The Labute approximate surface area is 144 Å². The van der Waals surface area contributed by atoms with Crippen LogP contribution >= 0.6 is 0 Å². The van der Waals surface area contributed by atoms with E-state index in [9.17, 15) is 9.59 Å². The molecule has 2 unspecified atom stereocenters. The number of rotatable bonds is 7. The highest BCUT2D eigenvalue weighted by Crippen LogP contribution is 2.22. The number of esters is 2. The van der Waals surface area contributed by atoms with Crippen molar-refractivity contribution < 1.29 is 19.1 Å². The number of carbonyl (C=O) groups is 2. The van der Waals surface area contributed by atoms with Crippen LogP contribution in [-0.2, 0) is 25.7 Å². The Morgan fingerprint density at radius 2 is 1.67 bits per heavy atom. The Kier molecular flexibility index (Phi) is 7.42. The van der Waals surface area contributed by atoms with Gasteiger partial charge in [0.15, 0.2) is 0 Å². The molecule has 0 fully saturated rings. The molecule has 0 aromatic heterocycles. The topological polar surface area (TPSA) is 78.6 Å². The summed E-state index contributed by atoms with van der Waals surface area (Å²) in [6.07, 6.45) is 0.209. The number of carbonyl (C=O) groups excluding carboxylic acids is 2. The zero-order chi connectivity index (χ0) is 18.3. The number of nitrogens with two attached hydrogens (primary N) is 1. The third-order valence-electron chi connectivity index (χ3n) is 3.55. The van der Waals surface area contributed by atoms with Gasteiger partial charge < -0.3 is 15.2 Å². The van der Waals surface area contributed by atoms with E-state index in [0.717, 1.165) is 5.56 Å². The zero-order valence-electron chi connectivity index (χ0n) is 15.2. The zero-order valence-corrected chi connectivity index (χ0v) is 15.2. The summed E-state index contributed by atoms with van der Waals surface area (Å²) in [5.74, 6) is -1.26. The lowest BCUT2D eigenvalue weighted by Gasteiger charge is -2.27. The minimum Gasteiger partial charge on any atom is -0.460 e. The van der Waals surface area contributed by atoms with Crippen molar-refractivity contribution in [1.29, 1.82) is 0 Å². The van der Waals surface area contributed by atoms with Crippen molar-refractivity contribution in [3.05, 3.63) is 35.9 Å². The van der Waals surface area contributed by atoms with Crippen molar-refractivity contribution in [2.24, 2.45) is 17.6 Å². The molecular formula is C19H29NO4. The summed E-state index contributed by atoms with van der Waals surface area (Å²) in [7, 11) is 0. The van der Waals surface area contributed by atoms with Gasteiger partial charge in [0, 0.05) is 0 Å². The largest absolute Gasteiger partial charge is 0.460 e. The van der Waals surface area contributed by atoms with Crippen LogP contribution in [-0.4, -0.2) is 23.6 Å². The standard InChI is InChI=1S/C19H29NO4/c1-13(2)15(17(21)24-19(3,4)5)11-16(20)18(22)23-12-14-9-7-6-8-10-14/h6-10,13,15-16H,11-12,20H2,1-5H3. The van der Waals surface area contributed by atoms with Gasteiger partial charge in [-0.25, -0.2) is 0 Å². The molecule has 1 aromatic rings. The first-order valence-corrected chi connectivity index (χ1v) is 8.29. The van der Waals surface area contributed by atoms with Crippen molar-refractivity contribution in [2.75, 3.05) is 0 Å². The Hall–Kier alpha value is -1.88. The Bertz CT molecular complexity index is 534. The molecule has 0 amide bonds. The van der Waals surface area contributed by atoms with Crippen LogP contribution in [0.2, 0.25) is 0 Å². The average molecular weight is 335 g/mol. The van der Waals surface area contributed by atoms with Gasteiger partial charge in [0.25, 0.3) is 0 Å². The molecule has 0 aliphatic rings. The van der Waals surface area contributed by atoms with Gasteiger partial charge in [-0.15, -0.1) is 0 Å². The van der Waals surface area contributed by atoms with Crippen LogP contribution in [0.5, 0.6) is 0 Å². The molecule has 2 N–H and O–H groups in total. The van der Waals surface area contributed by atoms with E-state index in [4.69, 9.17) is 15.2 Å². The first-order chi connectivity index (χ1) is 11.1. The Balaban J connectivity index is 2.59. The van der Waals surface area contributed by atoms with Crippen LogP contribution in [0.1, 0.15) is 46.6 Å². The van der Waals surface area contributed by atoms with Crippen LogP contribution in [0.25, 0.3) is 0 Å². The van der Waals surface area contributed by atoms with Crippen molar-refractivity contribution in [2.45, 2.75) is 59.3 Å². The summed E-state index contributed by atoms with van der Waals surface area (Å²) >= 11 is 0. The monoisotopic (exact) mass is 335 g/mol. The third-order valence-corrected chi connectivity index (χ3v) is 3.55. The lowest BCUT2D eigenvalue weighted by atomic mass is 9.89. The van der Waals surface area contributed by atoms with Gasteiger partial charge in [-0.3, -0.25) is 9.59 Å². The van der Waals surface area contributed by atoms with Crippen molar-refractivity contribution in [1.82, 2.24) is 0 Å². The Morgan fingerprint density at radius 1 is 1.08 bits per heavy atom. The molecule has 0 aliphatic heterocycles. The Morgan fingerprint density at radius 3 is 2.17 bits per heavy atom. The second-order valence-corrected chi connectivity index (χ2v) is 7.32. The maximum atomic E-state index is 12.3. The molecule has 5 heteroatoms. The van der Waals surface area contributed by atoms with Gasteiger partial charge in [-0.1, -0.05) is 44.2 Å². The molecule has 0 spiro atoms. The first-order valence-electron chi connectivity index (χ1n) is 8.29. The third kappa shape index (κ3) is 7.13. The first kappa shape index (κ1) is 20.2. The van der Waals surface area contributed by atoms with Crippen molar-refractivity contribution >= 4 is 11.9 Å². The fourth-order valence-electron chi connectivity index (χ4n) is 2.22. The van der Waals surface area contributed by atoms with E-state index < -0.39 is 23.5 Å². The second kappa shape index (κ2) is 8.83. The lowest BCUT2D eigenvalue weighted by Crippen LogP contribution is -2.39. The van der Waals surface area contributed by atoms with Crippen LogP contribution < -0.4 is 5.73 Å². The van der Waals surface area contributed by atoms with E-state index in [-0.39, 0.29) is 24.9 Å². The molecule has 2 atom stereocenters. The van der Waals surface area contributed by atoms with Gasteiger partial charge in [-0.2, -0.15) is 0 Å². The summed E-state index contributed by atoms with van der Waals surface area (Å²) in [6.45, 7) is 9.45. The number of ether oxygens (including phenoxy) is 2. The van der Waals surface area contributed by atoms with E-state index in [1.165, 1.54) is 0 Å². The smallest absolute Gasteiger partial charge is 0.323 e. The minimum absolute atomic E-state index is 0.0211. The average Bonchev–Trinajstić information content (AvgIpc) is 2.48. The fourth-order valence-corrected chi connectivity index (χ4v) is 2.22. The predicted molar refractivity (Wildman–Crippen MR) is 93.0 cm³/mol.